The highest BCUT2D eigenvalue weighted by atomic mass is 79.9. The van der Waals surface area contributed by atoms with Crippen molar-refractivity contribution in [3.05, 3.63) is 64.5 Å². The number of benzene rings is 2. The highest BCUT2D eigenvalue weighted by Gasteiger charge is 2.12. The van der Waals surface area contributed by atoms with Gasteiger partial charge in [-0.05, 0) is 54.7 Å². The van der Waals surface area contributed by atoms with Gasteiger partial charge >= 0.3 is 0 Å². The van der Waals surface area contributed by atoms with Crippen LogP contribution in [0.15, 0.2) is 36.4 Å². The van der Waals surface area contributed by atoms with Gasteiger partial charge in [0.1, 0.15) is 11.6 Å². The lowest BCUT2D eigenvalue weighted by Crippen LogP contribution is -1.99. The summed E-state index contributed by atoms with van der Waals surface area (Å²) in [6.45, 7) is 3.61. The number of hydrogen-bond acceptors (Lipinski definition) is 1. The zero-order chi connectivity index (χ0) is 14.7. The summed E-state index contributed by atoms with van der Waals surface area (Å²) in [6.07, 6.45) is 0.835. The number of alkyl halides is 1. The van der Waals surface area contributed by atoms with E-state index >= 15 is 0 Å². The maximum absolute atomic E-state index is 13.7. The Labute approximate surface area is 127 Å². The number of rotatable bonds is 4. The standard InChI is InChI=1S/C17H18BrFO/c1-11-7-14(8-12(2)17(11)19)16(18)10-13-5-4-6-15(9-13)20-3/h4-9,16H,10H2,1-3H3. The predicted octanol–water partition coefficient (Wildman–Crippen LogP) is 5.13. The monoisotopic (exact) mass is 336 g/mol. The Balaban J connectivity index is 2.21. The van der Waals surface area contributed by atoms with Crippen LogP contribution in [0.5, 0.6) is 5.75 Å². The second-order valence-corrected chi connectivity index (χ2v) is 6.10. The second-order valence-electron chi connectivity index (χ2n) is 4.99. The minimum Gasteiger partial charge on any atom is -0.497 e. The Hall–Kier alpha value is -1.35. The topological polar surface area (TPSA) is 9.23 Å². The third-order valence-electron chi connectivity index (χ3n) is 3.37. The van der Waals surface area contributed by atoms with Crippen molar-refractivity contribution in [2.75, 3.05) is 7.11 Å². The van der Waals surface area contributed by atoms with E-state index in [0.717, 1.165) is 17.7 Å². The first kappa shape index (κ1) is 15.0. The lowest BCUT2D eigenvalue weighted by molar-refractivity contribution is 0.414. The van der Waals surface area contributed by atoms with Gasteiger partial charge in [0.25, 0.3) is 0 Å². The normalized spacial score (nSPS) is 12.2. The van der Waals surface area contributed by atoms with E-state index < -0.39 is 0 Å². The largest absolute Gasteiger partial charge is 0.497 e. The van der Waals surface area contributed by atoms with Gasteiger partial charge < -0.3 is 4.74 Å². The Bertz CT molecular complexity index is 587. The molecule has 0 radical (unpaired) electrons. The van der Waals surface area contributed by atoms with E-state index in [1.807, 2.05) is 30.3 Å². The summed E-state index contributed by atoms with van der Waals surface area (Å²) >= 11 is 3.70. The first-order valence-corrected chi connectivity index (χ1v) is 7.46. The molecule has 2 aromatic carbocycles. The van der Waals surface area contributed by atoms with Crippen LogP contribution in [-0.2, 0) is 6.42 Å². The average Bonchev–Trinajstić information content (AvgIpc) is 2.44. The quantitative estimate of drug-likeness (QED) is 0.703. The van der Waals surface area contributed by atoms with E-state index in [1.54, 1.807) is 21.0 Å². The molecule has 3 heteroatoms. The molecule has 0 aliphatic carbocycles. The number of aryl methyl sites for hydroxylation is 2. The Morgan fingerprint density at radius 3 is 2.40 bits per heavy atom. The molecule has 1 unspecified atom stereocenters. The molecule has 20 heavy (non-hydrogen) atoms. The van der Waals surface area contributed by atoms with Crippen molar-refractivity contribution >= 4 is 15.9 Å². The van der Waals surface area contributed by atoms with Crippen LogP contribution in [0.4, 0.5) is 4.39 Å². The molecule has 0 fully saturated rings. The molecule has 0 saturated carbocycles. The van der Waals surface area contributed by atoms with Crippen LogP contribution < -0.4 is 4.74 Å². The molecule has 2 rings (SSSR count). The molecule has 0 amide bonds. The van der Waals surface area contributed by atoms with Gasteiger partial charge in [0, 0.05) is 4.83 Å². The van der Waals surface area contributed by atoms with Crippen LogP contribution in [0, 0.1) is 19.7 Å². The molecular weight excluding hydrogens is 319 g/mol. The Morgan fingerprint density at radius 1 is 1.15 bits per heavy atom. The van der Waals surface area contributed by atoms with E-state index in [9.17, 15) is 4.39 Å². The molecule has 2 aromatic rings. The van der Waals surface area contributed by atoms with Gasteiger partial charge in [0.05, 0.1) is 7.11 Å². The maximum atomic E-state index is 13.7. The molecule has 0 aliphatic heterocycles. The molecule has 0 aromatic heterocycles. The zero-order valence-electron chi connectivity index (χ0n) is 11.9. The average molecular weight is 337 g/mol. The van der Waals surface area contributed by atoms with Gasteiger partial charge in [-0.15, -0.1) is 0 Å². The highest BCUT2D eigenvalue weighted by Crippen LogP contribution is 2.30. The minimum atomic E-state index is -0.116. The first-order chi connectivity index (χ1) is 9.51. The summed E-state index contributed by atoms with van der Waals surface area (Å²) in [5.41, 5.74) is 3.67. The summed E-state index contributed by atoms with van der Waals surface area (Å²) in [7, 11) is 1.66. The van der Waals surface area contributed by atoms with Gasteiger partial charge in [-0.2, -0.15) is 0 Å². The minimum absolute atomic E-state index is 0.116. The smallest absolute Gasteiger partial charge is 0.129 e. The van der Waals surface area contributed by atoms with Crippen molar-refractivity contribution < 1.29 is 9.13 Å². The molecule has 0 N–H and O–H groups in total. The third kappa shape index (κ3) is 3.40. The van der Waals surface area contributed by atoms with Crippen molar-refractivity contribution in [1.29, 1.82) is 0 Å². The fraction of sp³-hybridized carbons (Fsp3) is 0.294. The van der Waals surface area contributed by atoms with Gasteiger partial charge in [-0.3, -0.25) is 0 Å². The van der Waals surface area contributed by atoms with E-state index in [1.165, 1.54) is 5.56 Å². The van der Waals surface area contributed by atoms with E-state index in [2.05, 4.69) is 22.0 Å². The van der Waals surface area contributed by atoms with Crippen molar-refractivity contribution in [2.24, 2.45) is 0 Å². The fourth-order valence-electron chi connectivity index (χ4n) is 2.28. The molecule has 0 spiro atoms. The zero-order valence-corrected chi connectivity index (χ0v) is 13.5. The van der Waals surface area contributed by atoms with Gasteiger partial charge in [-0.25, -0.2) is 4.39 Å². The Kier molecular flexibility index (Phi) is 4.81. The fourth-order valence-corrected chi connectivity index (χ4v) is 2.92. The molecule has 1 nitrogen and oxygen atoms in total. The van der Waals surface area contributed by atoms with Crippen molar-refractivity contribution in [2.45, 2.75) is 25.1 Å². The van der Waals surface area contributed by atoms with E-state index in [4.69, 9.17) is 4.74 Å². The highest BCUT2D eigenvalue weighted by molar-refractivity contribution is 9.09. The van der Waals surface area contributed by atoms with Crippen molar-refractivity contribution in [3.63, 3.8) is 0 Å². The lowest BCUT2D eigenvalue weighted by atomic mass is 10.00. The summed E-state index contributed by atoms with van der Waals surface area (Å²) < 4.78 is 18.9. The Morgan fingerprint density at radius 2 is 1.80 bits per heavy atom. The van der Waals surface area contributed by atoms with Crippen molar-refractivity contribution in [3.8, 4) is 5.75 Å². The molecule has 106 valence electrons. The first-order valence-electron chi connectivity index (χ1n) is 6.55. The van der Waals surface area contributed by atoms with Gasteiger partial charge in [0.15, 0.2) is 0 Å². The third-order valence-corrected chi connectivity index (χ3v) is 4.22. The van der Waals surface area contributed by atoms with Gasteiger partial charge in [0.2, 0.25) is 0 Å². The van der Waals surface area contributed by atoms with Crippen LogP contribution in [0.1, 0.15) is 27.1 Å². The summed E-state index contributed by atoms with van der Waals surface area (Å²) in [5.74, 6) is 0.739. The van der Waals surface area contributed by atoms with Crippen molar-refractivity contribution in [1.82, 2.24) is 0 Å². The van der Waals surface area contributed by atoms with Crippen LogP contribution in [0.25, 0.3) is 0 Å². The molecule has 0 bridgehead atoms. The lowest BCUT2D eigenvalue weighted by Gasteiger charge is -2.13. The summed E-state index contributed by atoms with van der Waals surface area (Å²) in [5, 5.41) is 0. The SMILES string of the molecule is COc1cccc(CC(Br)c2cc(C)c(F)c(C)c2)c1. The number of halogens is 2. The number of methoxy groups -OCH3 is 1. The van der Waals surface area contributed by atoms with Crippen LogP contribution in [0.2, 0.25) is 0 Å². The van der Waals surface area contributed by atoms with Crippen LogP contribution >= 0.6 is 15.9 Å². The van der Waals surface area contributed by atoms with Crippen LogP contribution in [-0.4, -0.2) is 7.11 Å². The summed E-state index contributed by atoms with van der Waals surface area (Å²) in [4.78, 5) is 0.160. The maximum Gasteiger partial charge on any atom is 0.129 e. The molecular formula is C17H18BrFO. The molecule has 1 atom stereocenters. The van der Waals surface area contributed by atoms with E-state index in [-0.39, 0.29) is 10.6 Å². The molecule has 0 heterocycles. The van der Waals surface area contributed by atoms with Gasteiger partial charge in [-0.1, -0.05) is 40.2 Å². The number of ether oxygens (including phenoxy) is 1. The second kappa shape index (κ2) is 6.40. The molecule has 0 aliphatic rings. The van der Waals surface area contributed by atoms with Crippen LogP contribution in [0.3, 0.4) is 0 Å². The van der Waals surface area contributed by atoms with E-state index in [0.29, 0.717) is 11.1 Å². The number of hydrogen-bond donors (Lipinski definition) is 0. The molecule has 0 saturated heterocycles. The summed E-state index contributed by atoms with van der Waals surface area (Å²) in [6, 6.07) is 11.8. The predicted molar refractivity (Wildman–Crippen MR) is 84.2 cm³/mol.